The van der Waals surface area contributed by atoms with Gasteiger partial charge in [0, 0.05) is 0 Å². The van der Waals surface area contributed by atoms with Crippen molar-refractivity contribution >= 4 is 16.1 Å². The summed E-state index contributed by atoms with van der Waals surface area (Å²) >= 11 is 0. The largest absolute Gasteiger partial charge is 0.462 e. The second kappa shape index (κ2) is 4.54. The zero-order valence-electron chi connectivity index (χ0n) is 7.43. The first-order chi connectivity index (χ1) is 5.72. The highest BCUT2D eigenvalue weighted by atomic mass is 32.2. The van der Waals surface area contributed by atoms with Crippen LogP contribution in [0.2, 0.25) is 0 Å². The quantitative estimate of drug-likeness (QED) is 0.463. The van der Waals surface area contributed by atoms with Crippen molar-refractivity contribution in [2.75, 3.05) is 5.75 Å². The van der Waals surface area contributed by atoms with Gasteiger partial charge in [0.15, 0.2) is 0 Å². The summed E-state index contributed by atoms with van der Waals surface area (Å²) in [5.41, 5.74) is 5.14. The molecule has 0 heterocycles. The molecular formula is C6H13NO5S. The summed E-state index contributed by atoms with van der Waals surface area (Å²) in [6.07, 6.45) is -0.361. The van der Waals surface area contributed by atoms with E-state index in [4.69, 9.17) is 10.3 Å². The Balaban J connectivity index is 4.13. The lowest BCUT2D eigenvalue weighted by Crippen LogP contribution is -2.39. The Morgan fingerprint density at radius 2 is 2.00 bits per heavy atom. The monoisotopic (exact) mass is 211 g/mol. The first-order valence-corrected chi connectivity index (χ1v) is 5.24. The molecule has 0 aromatic rings. The summed E-state index contributed by atoms with van der Waals surface area (Å²) in [4.78, 5) is 10.9. The minimum Gasteiger partial charge on any atom is -0.462 e. The van der Waals surface area contributed by atoms with Gasteiger partial charge in [-0.25, -0.2) is 0 Å². The summed E-state index contributed by atoms with van der Waals surface area (Å²) in [5.74, 6) is -1.66. The van der Waals surface area contributed by atoms with Crippen molar-refractivity contribution in [2.24, 2.45) is 5.73 Å². The average molecular weight is 211 g/mol. The zero-order chi connectivity index (χ0) is 10.6. The molecule has 0 aliphatic heterocycles. The highest BCUT2D eigenvalue weighted by Gasteiger charge is 2.22. The van der Waals surface area contributed by atoms with Crippen LogP contribution in [0, 0.1) is 0 Å². The number of carbonyl (C=O) groups is 1. The number of carbonyl (C=O) groups excluding carboxylic acids is 1. The maximum atomic E-state index is 10.9. The summed E-state index contributed by atoms with van der Waals surface area (Å²) in [7, 11) is -4.23. The van der Waals surface area contributed by atoms with Gasteiger partial charge in [0.1, 0.15) is 11.8 Å². The summed E-state index contributed by atoms with van der Waals surface area (Å²) in [5, 5.41) is 0. The molecule has 3 N–H and O–H groups in total. The molecule has 0 unspecified atom stereocenters. The second-order valence-electron chi connectivity index (χ2n) is 2.84. The number of ether oxygens (including phenoxy) is 1. The molecule has 0 fully saturated rings. The standard InChI is InChI=1S/C6H13NO5S/c1-4(2)12-6(8)5(7)3-13(9,10)11/h4-5H,3,7H2,1-2H3,(H,9,10,11)/t5-/m0/s1. The van der Waals surface area contributed by atoms with Gasteiger partial charge < -0.3 is 10.5 Å². The minimum absolute atomic E-state index is 0.361. The van der Waals surface area contributed by atoms with Crippen LogP contribution in [0.15, 0.2) is 0 Å². The average Bonchev–Trinajstić information content (AvgIpc) is 1.81. The molecule has 0 amide bonds. The Bertz CT molecular complexity index is 271. The number of rotatable bonds is 4. The van der Waals surface area contributed by atoms with Crippen molar-refractivity contribution in [1.82, 2.24) is 0 Å². The number of esters is 1. The van der Waals surface area contributed by atoms with E-state index in [1.165, 1.54) is 0 Å². The van der Waals surface area contributed by atoms with Crippen LogP contribution < -0.4 is 5.73 Å². The third-order valence-electron chi connectivity index (χ3n) is 1.04. The van der Waals surface area contributed by atoms with Gasteiger partial charge in [-0.3, -0.25) is 9.35 Å². The van der Waals surface area contributed by atoms with E-state index in [1.807, 2.05) is 0 Å². The fourth-order valence-electron chi connectivity index (χ4n) is 0.615. The Hall–Kier alpha value is -0.660. The SMILES string of the molecule is CC(C)OC(=O)[C@@H](N)CS(=O)(=O)O. The van der Waals surface area contributed by atoms with Crippen molar-refractivity contribution in [3.63, 3.8) is 0 Å². The molecule has 78 valence electrons. The Kier molecular flexibility index (Phi) is 4.31. The maximum absolute atomic E-state index is 10.9. The van der Waals surface area contributed by atoms with E-state index in [-0.39, 0.29) is 6.10 Å². The van der Waals surface area contributed by atoms with E-state index in [0.29, 0.717) is 0 Å². The first kappa shape index (κ1) is 12.3. The maximum Gasteiger partial charge on any atom is 0.324 e. The fourth-order valence-corrected chi connectivity index (χ4v) is 1.20. The molecule has 7 heteroatoms. The number of nitrogens with two attached hydrogens (primary N) is 1. The van der Waals surface area contributed by atoms with Gasteiger partial charge in [-0.15, -0.1) is 0 Å². The normalized spacial score (nSPS) is 14.2. The Labute approximate surface area is 76.8 Å². The van der Waals surface area contributed by atoms with E-state index < -0.39 is 27.9 Å². The molecular weight excluding hydrogens is 198 g/mol. The smallest absolute Gasteiger partial charge is 0.324 e. The zero-order valence-corrected chi connectivity index (χ0v) is 8.24. The van der Waals surface area contributed by atoms with Crippen molar-refractivity contribution in [3.8, 4) is 0 Å². The molecule has 0 radical (unpaired) electrons. The molecule has 0 saturated heterocycles. The van der Waals surface area contributed by atoms with Gasteiger partial charge in [0.2, 0.25) is 0 Å². The van der Waals surface area contributed by atoms with Crippen LogP contribution >= 0.6 is 0 Å². The van der Waals surface area contributed by atoms with Crippen LogP contribution in [0.5, 0.6) is 0 Å². The van der Waals surface area contributed by atoms with E-state index in [1.54, 1.807) is 13.8 Å². The van der Waals surface area contributed by atoms with E-state index in [9.17, 15) is 13.2 Å². The van der Waals surface area contributed by atoms with Crippen LogP contribution in [0.4, 0.5) is 0 Å². The molecule has 0 aromatic carbocycles. The molecule has 1 atom stereocenters. The minimum atomic E-state index is -4.23. The van der Waals surface area contributed by atoms with E-state index in [2.05, 4.69) is 4.74 Å². The predicted octanol–water partition coefficient (Wildman–Crippen LogP) is -0.847. The van der Waals surface area contributed by atoms with Gasteiger partial charge in [0.05, 0.1) is 6.10 Å². The molecule has 0 aliphatic carbocycles. The highest BCUT2D eigenvalue weighted by molar-refractivity contribution is 7.85. The lowest BCUT2D eigenvalue weighted by Gasteiger charge is -2.12. The van der Waals surface area contributed by atoms with Crippen molar-refractivity contribution < 1.29 is 22.5 Å². The Morgan fingerprint density at radius 1 is 1.54 bits per heavy atom. The molecule has 0 rings (SSSR count). The Morgan fingerprint density at radius 3 is 2.31 bits per heavy atom. The second-order valence-corrected chi connectivity index (χ2v) is 4.34. The summed E-state index contributed by atoms with van der Waals surface area (Å²) in [6.45, 7) is 3.22. The topological polar surface area (TPSA) is 107 Å². The summed E-state index contributed by atoms with van der Waals surface area (Å²) < 4.78 is 33.6. The lowest BCUT2D eigenvalue weighted by atomic mass is 10.3. The van der Waals surface area contributed by atoms with Crippen LogP contribution in [-0.4, -0.2) is 36.8 Å². The third-order valence-corrected chi connectivity index (χ3v) is 1.83. The molecule has 0 bridgehead atoms. The molecule has 13 heavy (non-hydrogen) atoms. The predicted molar refractivity (Wildman–Crippen MR) is 45.6 cm³/mol. The van der Waals surface area contributed by atoms with Crippen LogP contribution in [0.1, 0.15) is 13.8 Å². The first-order valence-electron chi connectivity index (χ1n) is 3.63. The fraction of sp³-hybridized carbons (Fsp3) is 0.833. The molecule has 0 aliphatic rings. The van der Waals surface area contributed by atoms with Gasteiger partial charge in [-0.1, -0.05) is 0 Å². The van der Waals surface area contributed by atoms with Gasteiger partial charge in [-0.05, 0) is 13.8 Å². The van der Waals surface area contributed by atoms with Crippen LogP contribution in [-0.2, 0) is 19.6 Å². The van der Waals surface area contributed by atoms with Gasteiger partial charge in [0.25, 0.3) is 10.1 Å². The molecule has 0 spiro atoms. The highest BCUT2D eigenvalue weighted by Crippen LogP contribution is 1.95. The molecule has 0 aromatic heterocycles. The van der Waals surface area contributed by atoms with Crippen LogP contribution in [0.3, 0.4) is 0 Å². The third kappa shape index (κ3) is 6.50. The molecule has 6 nitrogen and oxygen atoms in total. The van der Waals surface area contributed by atoms with E-state index in [0.717, 1.165) is 0 Å². The van der Waals surface area contributed by atoms with Crippen LogP contribution in [0.25, 0.3) is 0 Å². The van der Waals surface area contributed by atoms with Gasteiger partial charge >= 0.3 is 5.97 Å². The van der Waals surface area contributed by atoms with Gasteiger partial charge in [-0.2, -0.15) is 8.42 Å². The van der Waals surface area contributed by atoms with Crippen molar-refractivity contribution in [3.05, 3.63) is 0 Å². The number of hydrogen-bond acceptors (Lipinski definition) is 5. The summed E-state index contributed by atoms with van der Waals surface area (Å²) in [6, 6.07) is -1.34. The van der Waals surface area contributed by atoms with Crippen molar-refractivity contribution in [2.45, 2.75) is 26.0 Å². The number of hydrogen-bond donors (Lipinski definition) is 2. The molecule has 0 saturated carbocycles. The lowest BCUT2D eigenvalue weighted by molar-refractivity contribution is -0.148. The van der Waals surface area contributed by atoms with Crippen molar-refractivity contribution in [1.29, 1.82) is 0 Å². The van der Waals surface area contributed by atoms with E-state index >= 15 is 0 Å².